The van der Waals surface area contributed by atoms with Gasteiger partial charge in [0.05, 0.1) is 24.7 Å². The minimum atomic E-state index is -0.222. The fourth-order valence-corrected chi connectivity index (χ4v) is 8.33. The molecule has 0 unspecified atom stereocenters. The number of carbonyl (C=O) groups is 1. The first-order chi connectivity index (χ1) is 13.1. The Kier molecular flexibility index (Phi) is 3.07. The van der Waals surface area contributed by atoms with Crippen LogP contribution in [0.2, 0.25) is 0 Å². The van der Waals surface area contributed by atoms with E-state index in [0.29, 0.717) is 6.04 Å². The summed E-state index contributed by atoms with van der Waals surface area (Å²) in [5, 5.41) is 3.92. The second kappa shape index (κ2) is 5.06. The summed E-state index contributed by atoms with van der Waals surface area (Å²) in [4.78, 5) is 15.8. The first kappa shape index (κ1) is 16.4. The molecule has 5 fully saturated rings. The van der Waals surface area contributed by atoms with Gasteiger partial charge in [-0.3, -0.25) is 9.69 Å². The number of ether oxygens (including phenoxy) is 2. The van der Waals surface area contributed by atoms with Crippen LogP contribution in [-0.4, -0.2) is 55.9 Å². The number of nitrogens with one attached hydrogen (secondary N) is 1. The molecule has 7 rings (SSSR count). The van der Waals surface area contributed by atoms with Gasteiger partial charge in [-0.15, -0.1) is 0 Å². The summed E-state index contributed by atoms with van der Waals surface area (Å²) in [5.41, 5.74) is 2.46. The van der Waals surface area contributed by atoms with Gasteiger partial charge in [-0.05, 0) is 50.3 Å². The van der Waals surface area contributed by atoms with Crippen LogP contribution in [0.3, 0.4) is 0 Å². The molecule has 3 aliphatic heterocycles. The molecule has 1 N–H and O–H groups in total. The van der Waals surface area contributed by atoms with Gasteiger partial charge in [0.25, 0.3) is 0 Å². The van der Waals surface area contributed by atoms with E-state index in [1.165, 1.54) is 11.3 Å². The second-order valence-corrected chi connectivity index (χ2v) is 9.33. The average molecular weight is 368 g/mol. The van der Waals surface area contributed by atoms with Crippen LogP contribution in [-0.2, 0) is 19.7 Å². The lowest BCUT2D eigenvalue weighted by Crippen LogP contribution is -2.79. The molecule has 6 atom stereocenters. The maximum Gasteiger partial charge on any atom is 0.311 e. The SMILES string of the molecule is COC(=O)[C@@H]1C[C@]23CC[C@@]14Nc1ccccc1[C@@]41CCN(CC[C@H]2OC)[C@@H]31. The summed E-state index contributed by atoms with van der Waals surface area (Å²) in [6.45, 7) is 2.22. The summed E-state index contributed by atoms with van der Waals surface area (Å²) in [5.74, 6) is -0.165. The molecule has 6 aliphatic rings. The molecule has 3 spiro atoms. The zero-order valence-electron chi connectivity index (χ0n) is 16.2. The number of hydrogen-bond donors (Lipinski definition) is 1. The summed E-state index contributed by atoms with van der Waals surface area (Å²) < 4.78 is 11.5. The van der Waals surface area contributed by atoms with Gasteiger partial charge in [-0.1, -0.05) is 18.2 Å². The Labute approximate surface area is 160 Å². The van der Waals surface area contributed by atoms with Crippen LogP contribution in [0.4, 0.5) is 5.69 Å². The summed E-state index contributed by atoms with van der Waals surface area (Å²) in [7, 11) is 3.40. The number of carbonyl (C=O) groups excluding carboxylic acids is 1. The highest BCUT2D eigenvalue weighted by molar-refractivity contribution is 5.80. The average Bonchev–Trinajstić information content (AvgIpc) is 3.25. The lowest BCUT2D eigenvalue weighted by molar-refractivity contribution is -0.201. The van der Waals surface area contributed by atoms with E-state index in [4.69, 9.17) is 9.47 Å². The van der Waals surface area contributed by atoms with Crippen molar-refractivity contribution in [2.45, 2.75) is 55.2 Å². The lowest BCUT2D eigenvalue weighted by atomic mass is 9.38. The quantitative estimate of drug-likeness (QED) is 0.813. The van der Waals surface area contributed by atoms with Gasteiger partial charge in [0.2, 0.25) is 0 Å². The third kappa shape index (κ3) is 1.57. The molecule has 3 heterocycles. The largest absolute Gasteiger partial charge is 0.469 e. The van der Waals surface area contributed by atoms with E-state index in [0.717, 1.165) is 45.2 Å². The number of hydrogen-bond acceptors (Lipinski definition) is 5. The zero-order valence-corrected chi connectivity index (χ0v) is 16.2. The Balaban J connectivity index is 1.64. The lowest BCUT2D eigenvalue weighted by Gasteiger charge is -2.70. The van der Waals surface area contributed by atoms with Crippen molar-refractivity contribution in [1.29, 1.82) is 0 Å². The molecule has 2 bridgehead atoms. The Morgan fingerprint density at radius 2 is 2.04 bits per heavy atom. The minimum Gasteiger partial charge on any atom is -0.469 e. The van der Waals surface area contributed by atoms with Crippen LogP contribution in [0.1, 0.15) is 37.7 Å². The molecular formula is C22H28N2O3. The first-order valence-electron chi connectivity index (χ1n) is 10.4. The van der Waals surface area contributed by atoms with Crippen molar-refractivity contribution in [3.8, 4) is 0 Å². The molecule has 144 valence electrons. The highest BCUT2D eigenvalue weighted by Gasteiger charge is 2.80. The molecular weight excluding hydrogens is 340 g/mol. The highest BCUT2D eigenvalue weighted by atomic mass is 16.5. The number of para-hydroxylation sites is 1. The van der Waals surface area contributed by atoms with E-state index < -0.39 is 0 Å². The molecule has 5 heteroatoms. The van der Waals surface area contributed by atoms with Gasteiger partial charge in [0.15, 0.2) is 0 Å². The van der Waals surface area contributed by atoms with Crippen molar-refractivity contribution < 1.29 is 14.3 Å². The number of esters is 1. The zero-order chi connectivity index (χ0) is 18.4. The minimum absolute atomic E-state index is 0.0177. The molecule has 1 aromatic rings. The monoisotopic (exact) mass is 368 g/mol. The van der Waals surface area contributed by atoms with Crippen LogP contribution in [0.5, 0.6) is 0 Å². The molecule has 2 saturated heterocycles. The summed E-state index contributed by atoms with van der Waals surface area (Å²) in [6, 6.07) is 9.23. The van der Waals surface area contributed by atoms with Crippen LogP contribution in [0.15, 0.2) is 24.3 Å². The smallest absolute Gasteiger partial charge is 0.311 e. The Hall–Kier alpha value is -1.59. The van der Waals surface area contributed by atoms with E-state index in [1.54, 1.807) is 7.11 Å². The molecule has 5 nitrogen and oxygen atoms in total. The maximum absolute atomic E-state index is 13.1. The van der Waals surface area contributed by atoms with E-state index in [1.807, 2.05) is 7.11 Å². The predicted molar refractivity (Wildman–Crippen MR) is 102 cm³/mol. The van der Waals surface area contributed by atoms with Crippen LogP contribution in [0.25, 0.3) is 0 Å². The van der Waals surface area contributed by atoms with Gasteiger partial charge in [-0.25, -0.2) is 0 Å². The molecule has 1 aromatic carbocycles. The van der Waals surface area contributed by atoms with E-state index in [9.17, 15) is 4.79 Å². The van der Waals surface area contributed by atoms with Crippen LogP contribution < -0.4 is 5.32 Å². The number of fused-ring (bicyclic) bond motifs is 3. The normalized spacial score (nSPS) is 46.4. The van der Waals surface area contributed by atoms with Gasteiger partial charge < -0.3 is 14.8 Å². The topological polar surface area (TPSA) is 50.8 Å². The Morgan fingerprint density at radius 3 is 2.85 bits per heavy atom. The first-order valence-corrected chi connectivity index (χ1v) is 10.4. The molecule has 27 heavy (non-hydrogen) atoms. The van der Waals surface area contributed by atoms with Gasteiger partial charge >= 0.3 is 5.97 Å². The summed E-state index contributed by atoms with van der Waals surface area (Å²) in [6.07, 6.45) is 5.44. The van der Waals surface area contributed by atoms with E-state index in [2.05, 4.69) is 34.5 Å². The van der Waals surface area contributed by atoms with Gasteiger partial charge in [-0.2, -0.15) is 0 Å². The Morgan fingerprint density at radius 1 is 1.19 bits per heavy atom. The Bertz CT molecular complexity index is 828. The number of benzene rings is 1. The van der Waals surface area contributed by atoms with Gasteiger partial charge in [0.1, 0.15) is 0 Å². The number of piperidine rings is 1. The maximum atomic E-state index is 13.1. The van der Waals surface area contributed by atoms with E-state index >= 15 is 0 Å². The number of nitrogens with zero attached hydrogens (tertiary/aromatic N) is 1. The molecule has 3 saturated carbocycles. The van der Waals surface area contributed by atoms with Crippen LogP contribution in [0, 0.1) is 11.3 Å². The van der Waals surface area contributed by atoms with Crippen molar-refractivity contribution in [3.63, 3.8) is 0 Å². The van der Waals surface area contributed by atoms with E-state index in [-0.39, 0.29) is 34.4 Å². The number of methoxy groups -OCH3 is 2. The molecule has 0 amide bonds. The fraction of sp³-hybridized carbons (Fsp3) is 0.682. The highest BCUT2D eigenvalue weighted by Crippen LogP contribution is 2.74. The van der Waals surface area contributed by atoms with Crippen molar-refractivity contribution >= 4 is 11.7 Å². The molecule has 0 aromatic heterocycles. The van der Waals surface area contributed by atoms with Crippen LogP contribution >= 0.6 is 0 Å². The second-order valence-electron chi connectivity index (χ2n) is 9.33. The third-order valence-electron chi connectivity index (χ3n) is 8.99. The molecule has 3 aliphatic carbocycles. The summed E-state index contributed by atoms with van der Waals surface area (Å²) >= 11 is 0. The van der Waals surface area contributed by atoms with Crippen molar-refractivity contribution in [2.75, 3.05) is 32.6 Å². The van der Waals surface area contributed by atoms with Crippen molar-refractivity contribution in [3.05, 3.63) is 29.8 Å². The van der Waals surface area contributed by atoms with Crippen molar-refractivity contribution in [2.24, 2.45) is 11.3 Å². The number of anilines is 1. The standard InChI is InChI=1S/C22H28N2O3/c1-26-17-7-11-24-12-10-21-14-5-3-4-6-16(14)23-22(21)9-8-20(17,19(21)24)13-15(22)18(25)27-2/h3-6,15,17,19,23H,7-13H2,1-2H3/t15-,17+,19-,20+,21+,22+/m0/s1. The third-order valence-corrected chi connectivity index (χ3v) is 8.99. The molecule has 0 radical (unpaired) electrons. The predicted octanol–water partition coefficient (Wildman–Crippen LogP) is 2.55. The number of rotatable bonds is 2. The van der Waals surface area contributed by atoms with Crippen molar-refractivity contribution in [1.82, 2.24) is 4.90 Å². The fourth-order valence-electron chi connectivity index (χ4n) is 8.33. The van der Waals surface area contributed by atoms with Gasteiger partial charge in [0, 0.05) is 36.2 Å².